The Bertz CT molecular complexity index is 353. The number of hydrogen-bond donors (Lipinski definition) is 1. The lowest BCUT2D eigenvalue weighted by molar-refractivity contribution is 0.127. The van der Waals surface area contributed by atoms with Crippen LogP contribution in [0.5, 0.6) is 0 Å². The monoisotopic (exact) mass is 248 g/mol. The molecule has 2 rings (SSSR count). The van der Waals surface area contributed by atoms with Crippen LogP contribution < -0.4 is 4.90 Å². The number of piperidine rings is 1. The van der Waals surface area contributed by atoms with Gasteiger partial charge in [-0.15, -0.1) is 0 Å². The summed E-state index contributed by atoms with van der Waals surface area (Å²) in [7, 11) is 4.13. The molecule has 0 amide bonds. The van der Waals surface area contributed by atoms with Crippen LogP contribution in [0.2, 0.25) is 0 Å². The first-order valence-electron chi connectivity index (χ1n) is 6.78. The zero-order valence-electron chi connectivity index (χ0n) is 11.5. The molecule has 3 heteroatoms. The third-order valence-electron chi connectivity index (χ3n) is 3.82. The predicted molar refractivity (Wildman–Crippen MR) is 75.9 cm³/mol. The van der Waals surface area contributed by atoms with E-state index in [-0.39, 0.29) is 0 Å². The maximum absolute atomic E-state index is 9.13. The summed E-state index contributed by atoms with van der Waals surface area (Å²) in [6, 6.07) is 8.78. The van der Waals surface area contributed by atoms with E-state index in [0.29, 0.717) is 12.5 Å². The summed E-state index contributed by atoms with van der Waals surface area (Å²) in [5.74, 6) is 0.525. The van der Waals surface area contributed by atoms with Crippen LogP contribution in [-0.4, -0.2) is 43.8 Å². The number of aliphatic hydroxyl groups is 1. The second kappa shape index (κ2) is 6.21. The highest BCUT2D eigenvalue weighted by atomic mass is 16.3. The number of rotatable bonds is 4. The van der Waals surface area contributed by atoms with Crippen molar-refractivity contribution in [1.29, 1.82) is 0 Å². The van der Waals surface area contributed by atoms with Crippen molar-refractivity contribution in [3.05, 3.63) is 29.8 Å². The molecule has 18 heavy (non-hydrogen) atoms. The maximum Gasteiger partial charge on any atom is 0.0460 e. The average molecular weight is 248 g/mol. The van der Waals surface area contributed by atoms with Crippen molar-refractivity contribution < 1.29 is 5.11 Å². The molecule has 1 aliphatic rings. The first kappa shape index (κ1) is 13.4. The molecule has 0 spiro atoms. The van der Waals surface area contributed by atoms with Crippen LogP contribution in [0.15, 0.2) is 24.3 Å². The van der Waals surface area contributed by atoms with Crippen LogP contribution >= 0.6 is 0 Å². The normalized spacial score (nSPS) is 17.9. The number of benzene rings is 1. The van der Waals surface area contributed by atoms with Crippen molar-refractivity contribution in [2.75, 3.05) is 38.7 Å². The van der Waals surface area contributed by atoms with E-state index in [1.807, 2.05) is 0 Å². The number of anilines is 1. The SMILES string of the molecule is CN(C)c1ccc(CN2CCC(CO)CC2)cc1. The Morgan fingerprint density at radius 3 is 2.28 bits per heavy atom. The average Bonchev–Trinajstić information content (AvgIpc) is 2.40. The molecule has 0 unspecified atom stereocenters. The highest BCUT2D eigenvalue weighted by molar-refractivity contribution is 5.45. The van der Waals surface area contributed by atoms with Crippen LogP contribution in [0.25, 0.3) is 0 Å². The molecule has 0 aromatic heterocycles. The Morgan fingerprint density at radius 1 is 1.17 bits per heavy atom. The van der Waals surface area contributed by atoms with Gasteiger partial charge in [0.15, 0.2) is 0 Å². The second-order valence-electron chi connectivity index (χ2n) is 5.46. The van der Waals surface area contributed by atoms with Crippen molar-refractivity contribution in [2.24, 2.45) is 5.92 Å². The second-order valence-corrected chi connectivity index (χ2v) is 5.46. The fourth-order valence-electron chi connectivity index (χ4n) is 2.48. The zero-order valence-corrected chi connectivity index (χ0v) is 11.5. The summed E-state index contributed by atoms with van der Waals surface area (Å²) >= 11 is 0. The summed E-state index contributed by atoms with van der Waals surface area (Å²) in [6.07, 6.45) is 2.26. The number of nitrogens with zero attached hydrogens (tertiary/aromatic N) is 2. The van der Waals surface area contributed by atoms with Gasteiger partial charge in [0.2, 0.25) is 0 Å². The van der Waals surface area contributed by atoms with E-state index in [4.69, 9.17) is 5.11 Å². The van der Waals surface area contributed by atoms with Crippen LogP contribution in [0, 0.1) is 5.92 Å². The lowest BCUT2D eigenvalue weighted by atomic mass is 9.97. The van der Waals surface area contributed by atoms with Crippen molar-refractivity contribution >= 4 is 5.69 Å². The summed E-state index contributed by atoms with van der Waals surface area (Å²) in [5.41, 5.74) is 2.63. The molecule has 1 aliphatic heterocycles. The summed E-state index contributed by atoms with van der Waals surface area (Å²) in [6.45, 7) is 3.61. The minimum Gasteiger partial charge on any atom is -0.396 e. The highest BCUT2D eigenvalue weighted by Crippen LogP contribution is 2.19. The van der Waals surface area contributed by atoms with Crippen molar-refractivity contribution in [1.82, 2.24) is 4.90 Å². The van der Waals surface area contributed by atoms with Gasteiger partial charge in [-0.05, 0) is 49.5 Å². The van der Waals surface area contributed by atoms with Gasteiger partial charge < -0.3 is 10.0 Å². The van der Waals surface area contributed by atoms with Gasteiger partial charge >= 0.3 is 0 Å². The molecule has 0 radical (unpaired) electrons. The van der Waals surface area contributed by atoms with Gasteiger partial charge in [-0.25, -0.2) is 0 Å². The van der Waals surface area contributed by atoms with Crippen LogP contribution in [0.4, 0.5) is 5.69 Å². The fraction of sp³-hybridized carbons (Fsp3) is 0.600. The molecule has 1 aromatic rings. The minimum absolute atomic E-state index is 0.353. The van der Waals surface area contributed by atoms with Gasteiger partial charge in [-0.3, -0.25) is 4.90 Å². The molecule has 0 atom stereocenters. The molecule has 0 aliphatic carbocycles. The van der Waals surface area contributed by atoms with Gasteiger partial charge in [-0.2, -0.15) is 0 Å². The number of aliphatic hydroxyl groups excluding tert-OH is 1. The summed E-state index contributed by atoms with van der Waals surface area (Å²) in [5, 5.41) is 9.13. The Kier molecular flexibility index (Phi) is 4.61. The molecule has 100 valence electrons. The first-order chi connectivity index (χ1) is 8.69. The standard InChI is InChI=1S/C15H24N2O/c1-16(2)15-5-3-13(4-6-15)11-17-9-7-14(12-18)8-10-17/h3-6,14,18H,7-12H2,1-2H3. The fourth-order valence-corrected chi connectivity index (χ4v) is 2.48. The van der Waals surface area contributed by atoms with Gasteiger partial charge in [0, 0.05) is 32.9 Å². The van der Waals surface area contributed by atoms with Crippen LogP contribution in [0.3, 0.4) is 0 Å². The van der Waals surface area contributed by atoms with Crippen LogP contribution in [-0.2, 0) is 6.54 Å². The minimum atomic E-state index is 0.353. The lowest BCUT2D eigenvalue weighted by Gasteiger charge is -2.31. The maximum atomic E-state index is 9.13. The number of hydrogen-bond acceptors (Lipinski definition) is 3. The molecule has 1 heterocycles. The summed E-state index contributed by atoms with van der Waals surface area (Å²) in [4.78, 5) is 4.60. The van der Waals surface area contributed by atoms with E-state index in [0.717, 1.165) is 32.5 Å². The van der Waals surface area contributed by atoms with Gasteiger partial charge in [0.25, 0.3) is 0 Å². The Morgan fingerprint density at radius 2 is 1.78 bits per heavy atom. The van der Waals surface area contributed by atoms with E-state index in [2.05, 4.69) is 48.2 Å². The van der Waals surface area contributed by atoms with E-state index >= 15 is 0 Å². The highest BCUT2D eigenvalue weighted by Gasteiger charge is 2.18. The van der Waals surface area contributed by atoms with E-state index in [9.17, 15) is 0 Å². The number of likely N-dealkylation sites (tertiary alicyclic amines) is 1. The van der Waals surface area contributed by atoms with Gasteiger partial charge in [0.1, 0.15) is 0 Å². The van der Waals surface area contributed by atoms with Crippen molar-refractivity contribution in [3.63, 3.8) is 0 Å². The largest absolute Gasteiger partial charge is 0.396 e. The molecule has 1 N–H and O–H groups in total. The lowest BCUT2D eigenvalue weighted by Crippen LogP contribution is -2.34. The molecular weight excluding hydrogens is 224 g/mol. The Labute approximate surface area is 110 Å². The molecule has 1 saturated heterocycles. The molecule has 1 aromatic carbocycles. The Balaban J connectivity index is 1.86. The third kappa shape index (κ3) is 3.47. The molecular formula is C15H24N2O. The molecule has 0 bridgehead atoms. The Hall–Kier alpha value is -1.06. The predicted octanol–water partition coefficient (Wildman–Crippen LogP) is 1.96. The van der Waals surface area contributed by atoms with Crippen molar-refractivity contribution in [2.45, 2.75) is 19.4 Å². The van der Waals surface area contributed by atoms with E-state index < -0.39 is 0 Å². The topological polar surface area (TPSA) is 26.7 Å². The van der Waals surface area contributed by atoms with Crippen molar-refractivity contribution in [3.8, 4) is 0 Å². The summed E-state index contributed by atoms with van der Waals surface area (Å²) < 4.78 is 0. The first-order valence-corrected chi connectivity index (χ1v) is 6.78. The molecule has 1 fully saturated rings. The smallest absolute Gasteiger partial charge is 0.0460 e. The van der Waals surface area contributed by atoms with Gasteiger partial charge in [-0.1, -0.05) is 12.1 Å². The van der Waals surface area contributed by atoms with Crippen LogP contribution in [0.1, 0.15) is 18.4 Å². The molecule has 3 nitrogen and oxygen atoms in total. The zero-order chi connectivity index (χ0) is 13.0. The third-order valence-corrected chi connectivity index (χ3v) is 3.82. The quantitative estimate of drug-likeness (QED) is 0.882. The van der Waals surface area contributed by atoms with E-state index in [1.54, 1.807) is 0 Å². The van der Waals surface area contributed by atoms with Gasteiger partial charge in [0.05, 0.1) is 0 Å². The van der Waals surface area contributed by atoms with E-state index in [1.165, 1.54) is 11.3 Å². The molecule has 0 saturated carbocycles.